The molecule has 1 aromatic carbocycles. The van der Waals surface area contributed by atoms with Gasteiger partial charge in [0.05, 0.1) is 64.0 Å². The van der Waals surface area contributed by atoms with Crippen molar-refractivity contribution in [2.75, 3.05) is 70.0 Å². The van der Waals surface area contributed by atoms with Crippen molar-refractivity contribution >= 4 is 45.2 Å². The quantitative estimate of drug-likeness (QED) is 0.174. The molecular weight excluding hydrogens is 526 g/mol. The van der Waals surface area contributed by atoms with E-state index in [1.54, 1.807) is 18.2 Å². The Kier molecular flexibility index (Phi) is 11.1. The van der Waals surface area contributed by atoms with E-state index in [0.29, 0.717) is 65.1 Å². The Morgan fingerprint density at radius 3 is 2.14 bits per heavy atom. The largest absolute Gasteiger partial charge is 0.382 e. The molecule has 11 nitrogen and oxygen atoms in total. The molecule has 2 aliphatic rings. The smallest absolute Gasteiger partial charge is 0.264 e. The second kappa shape index (κ2) is 14.2. The number of anilines is 1. The van der Waals surface area contributed by atoms with Gasteiger partial charge in [-0.2, -0.15) is 0 Å². The average molecular weight is 556 g/mol. The third-order valence-corrected chi connectivity index (χ3v) is 5.69. The van der Waals surface area contributed by atoms with Crippen LogP contribution in [0.5, 0.6) is 0 Å². The lowest BCUT2D eigenvalue weighted by molar-refractivity contribution is -0.136. The van der Waals surface area contributed by atoms with Crippen molar-refractivity contribution in [2.24, 2.45) is 0 Å². The molecule has 192 valence electrons. The van der Waals surface area contributed by atoms with Crippen LogP contribution in [0.2, 0.25) is 0 Å². The Bertz CT molecular complexity index is 913. The van der Waals surface area contributed by atoms with Gasteiger partial charge in [0.1, 0.15) is 6.04 Å². The molecule has 0 spiro atoms. The van der Waals surface area contributed by atoms with Gasteiger partial charge in [0, 0.05) is 24.0 Å². The number of benzene rings is 1. The van der Waals surface area contributed by atoms with Gasteiger partial charge in [0.15, 0.2) is 0 Å². The molecule has 1 unspecified atom stereocenters. The van der Waals surface area contributed by atoms with Gasteiger partial charge in [-0.3, -0.25) is 29.4 Å². The lowest BCUT2D eigenvalue weighted by atomic mass is 10.0. The zero-order chi connectivity index (χ0) is 25.0. The molecule has 1 atom stereocenters. The van der Waals surface area contributed by atoms with Crippen molar-refractivity contribution in [1.82, 2.24) is 10.2 Å². The number of piperidine rings is 1. The molecule has 0 aliphatic carbocycles. The fourth-order valence-electron chi connectivity index (χ4n) is 3.74. The third-order valence-electron chi connectivity index (χ3n) is 5.37. The summed E-state index contributed by atoms with van der Waals surface area (Å²) in [5, 5.41) is 6.12. The predicted octanol–water partition coefficient (Wildman–Crippen LogP) is 0.961. The van der Waals surface area contributed by atoms with Crippen LogP contribution >= 0.6 is 15.9 Å². The van der Waals surface area contributed by atoms with Gasteiger partial charge >= 0.3 is 0 Å². The maximum Gasteiger partial charge on any atom is 0.264 e. The number of carbonyl (C=O) groups excluding carboxylic acids is 4. The topological polar surface area (TPSA) is 132 Å². The molecule has 1 saturated heterocycles. The number of alkyl halides is 1. The number of carbonyl (C=O) groups is 4. The number of hydrogen-bond acceptors (Lipinski definition) is 9. The standard InChI is InChI=1S/C23H30BrN3O8/c24-6-8-32-10-12-34-14-15-35-13-11-33-9-7-25-17-3-1-2-16-20(17)23(31)27(22(16)30)18-4-5-19(28)26-21(18)29/h1-3,18,25H,4-15H2,(H,26,28,29). The molecule has 3 rings (SSSR count). The summed E-state index contributed by atoms with van der Waals surface area (Å²) in [5.41, 5.74) is 0.951. The number of rotatable bonds is 16. The fraction of sp³-hybridized carbons (Fsp3) is 0.565. The lowest BCUT2D eigenvalue weighted by Crippen LogP contribution is -2.54. The number of imide groups is 2. The van der Waals surface area contributed by atoms with E-state index in [2.05, 4.69) is 26.6 Å². The highest BCUT2D eigenvalue weighted by molar-refractivity contribution is 9.09. The van der Waals surface area contributed by atoms with Crippen LogP contribution < -0.4 is 10.6 Å². The summed E-state index contributed by atoms with van der Waals surface area (Å²) < 4.78 is 21.6. The van der Waals surface area contributed by atoms with E-state index in [4.69, 9.17) is 18.9 Å². The molecule has 2 N–H and O–H groups in total. The Labute approximate surface area is 211 Å². The first kappa shape index (κ1) is 27.2. The number of halogens is 1. The van der Waals surface area contributed by atoms with Gasteiger partial charge in [-0.05, 0) is 18.6 Å². The summed E-state index contributed by atoms with van der Waals surface area (Å²) in [6, 6.07) is 3.94. The van der Waals surface area contributed by atoms with Crippen LogP contribution in [0.15, 0.2) is 18.2 Å². The number of hydrogen-bond donors (Lipinski definition) is 2. The Hall–Kier alpha value is -2.38. The zero-order valence-electron chi connectivity index (χ0n) is 19.4. The summed E-state index contributed by atoms with van der Waals surface area (Å²) in [7, 11) is 0. The molecule has 1 aromatic rings. The van der Waals surface area contributed by atoms with E-state index < -0.39 is 29.7 Å². The molecule has 2 heterocycles. The van der Waals surface area contributed by atoms with Crippen LogP contribution in [0.4, 0.5) is 5.69 Å². The van der Waals surface area contributed by atoms with Crippen LogP contribution in [-0.2, 0) is 28.5 Å². The monoisotopic (exact) mass is 555 g/mol. The van der Waals surface area contributed by atoms with Crippen LogP contribution in [0.3, 0.4) is 0 Å². The van der Waals surface area contributed by atoms with Crippen molar-refractivity contribution in [2.45, 2.75) is 18.9 Å². The first-order valence-corrected chi connectivity index (χ1v) is 12.6. The summed E-state index contributed by atoms with van der Waals surface area (Å²) >= 11 is 3.28. The predicted molar refractivity (Wildman–Crippen MR) is 129 cm³/mol. The molecule has 1 fully saturated rings. The molecule has 0 bridgehead atoms. The minimum absolute atomic E-state index is 0.0789. The van der Waals surface area contributed by atoms with Crippen LogP contribution in [0.1, 0.15) is 33.6 Å². The van der Waals surface area contributed by atoms with Gasteiger partial charge in [-0.15, -0.1) is 0 Å². The Morgan fingerprint density at radius 2 is 1.51 bits per heavy atom. The van der Waals surface area contributed by atoms with Crippen LogP contribution in [0.25, 0.3) is 0 Å². The maximum atomic E-state index is 13.0. The summed E-state index contributed by atoms with van der Waals surface area (Å²) in [6.45, 7) is 4.32. The molecule has 0 aromatic heterocycles. The highest BCUT2D eigenvalue weighted by atomic mass is 79.9. The van der Waals surface area contributed by atoms with Gasteiger partial charge in [-0.25, -0.2) is 0 Å². The normalized spacial score (nSPS) is 17.6. The van der Waals surface area contributed by atoms with Crippen molar-refractivity contribution in [3.63, 3.8) is 0 Å². The molecule has 0 radical (unpaired) electrons. The van der Waals surface area contributed by atoms with E-state index >= 15 is 0 Å². The van der Waals surface area contributed by atoms with Gasteiger partial charge < -0.3 is 24.3 Å². The van der Waals surface area contributed by atoms with E-state index in [1.165, 1.54) is 0 Å². The van der Waals surface area contributed by atoms with Crippen molar-refractivity contribution in [3.05, 3.63) is 29.3 Å². The highest BCUT2D eigenvalue weighted by Gasteiger charge is 2.45. The number of amides is 4. The summed E-state index contributed by atoms with van der Waals surface area (Å²) in [6.07, 6.45) is 0.197. The van der Waals surface area contributed by atoms with Gasteiger partial charge in [0.2, 0.25) is 11.8 Å². The van der Waals surface area contributed by atoms with E-state index in [1.807, 2.05) is 0 Å². The minimum Gasteiger partial charge on any atom is -0.382 e. The van der Waals surface area contributed by atoms with Gasteiger partial charge in [-0.1, -0.05) is 22.0 Å². The van der Waals surface area contributed by atoms with Gasteiger partial charge in [0.25, 0.3) is 11.8 Å². The third kappa shape index (κ3) is 7.55. The Morgan fingerprint density at radius 1 is 0.886 bits per heavy atom. The highest BCUT2D eigenvalue weighted by Crippen LogP contribution is 2.32. The number of fused-ring (bicyclic) bond motifs is 1. The molecule has 0 saturated carbocycles. The molecule has 4 amide bonds. The summed E-state index contributed by atoms with van der Waals surface area (Å²) in [4.78, 5) is 50.5. The van der Waals surface area contributed by atoms with Crippen LogP contribution in [-0.4, -0.2) is 99.3 Å². The first-order chi connectivity index (χ1) is 17.0. The number of nitrogens with one attached hydrogen (secondary N) is 2. The second-order valence-electron chi connectivity index (χ2n) is 7.74. The van der Waals surface area contributed by atoms with Crippen LogP contribution in [0, 0.1) is 0 Å². The lowest BCUT2D eigenvalue weighted by Gasteiger charge is -2.27. The molecule has 35 heavy (non-hydrogen) atoms. The zero-order valence-corrected chi connectivity index (χ0v) is 21.0. The number of ether oxygens (including phenoxy) is 4. The first-order valence-electron chi connectivity index (χ1n) is 11.5. The number of nitrogens with zero attached hydrogens (tertiary/aromatic N) is 1. The van der Waals surface area contributed by atoms with E-state index in [9.17, 15) is 19.2 Å². The summed E-state index contributed by atoms with van der Waals surface area (Å²) in [5.74, 6) is -2.12. The van der Waals surface area contributed by atoms with Crippen molar-refractivity contribution in [1.29, 1.82) is 0 Å². The SMILES string of the molecule is O=C1CCC(N2C(=O)c3cccc(NCCOCCOCCOCCOCCBr)c3C2=O)C(=O)N1. The second-order valence-corrected chi connectivity index (χ2v) is 8.53. The van der Waals surface area contributed by atoms with E-state index in [-0.39, 0.29) is 24.0 Å². The average Bonchev–Trinajstić information content (AvgIpc) is 3.10. The maximum absolute atomic E-state index is 13.0. The molecule has 2 aliphatic heterocycles. The van der Waals surface area contributed by atoms with E-state index in [0.717, 1.165) is 10.2 Å². The Balaban J connectivity index is 1.35. The molecular formula is C23H30BrN3O8. The minimum atomic E-state index is -0.991. The van der Waals surface area contributed by atoms with Crippen molar-refractivity contribution in [3.8, 4) is 0 Å². The fourth-order valence-corrected chi connectivity index (χ4v) is 3.97. The molecule has 12 heteroatoms. The van der Waals surface area contributed by atoms with Crippen molar-refractivity contribution < 1.29 is 38.1 Å².